The third-order valence-electron chi connectivity index (χ3n) is 3.67. The lowest BCUT2D eigenvalue weighted by atomic mass is 10.0. The van der Waals surface area contributed by atoms with E-state index >= 15 is 0 Å². The Hall–Kier alpha value is -1.32. The van der Waals surface area contributed by atoms with Crippen molar-refractivity contribution in [1.29, 1.82) is 0 Å². The monoisotopic (exact) mass is 263 g/mol. The van der Waals surface area contributed by atoms with Gasteiger partial charge >= 0.3 is 0 Å². The van der Waals surface area contributed by atoms with Crippen LogP contribution in [0.25, 0.3) is 0 Å². The lowest BCUT2D eigenvalue weighted by molar-refractivity contribution is 0.326. The zero-order valence-corrected chi connectivity index (χ0v) is 12.1. The quantitative estimate of drug-likeness (QED) is 0.764. The van der Waals surface area contributed by atoms with Crippen LogP contribution >= 0.6 is 0 Å². The van der Waals surface area contributed by atoms with E-state index < -0.39 is 0 Å². The highest BCUT2D eigenvalue weighted by Crippen LogP contribution is 2.28. The molecule has 1 saturated carbocycles. The van der Waals surface area contributed by atoms with Gasteiger partial charge in [0, 0.05) is 18.3 Å². The van der Waals surface area contributed by atoms with Crippen molar-refractivity contribution in [2.45, 2.75) is 52.4 Å². The third-order valence-corrected chi connectivity index (χ3v) is 3.67. The molecule has 0 aromatic carbocycles. The molecule has 2 rings (SSSR count). The van der Waals surface area contributed by atoms with Gasteiger partial charge in [-0.15, -0.1) is 0 Å². The lowest BCUT2D eigenvalue weighted by Gasteiger charge is -2.10. The maximum Gasteiger partial charge on any atom is 0.226 e. The highest BCUT2D eigenvalue weighted by atomic mass is 16.5. The minimum absolute atomic E-state index is 0.636. The van der Waals surface area contributed by atoms with E-state index in [1.807, 2.05) is 19.9 Å². The molecule has 4 heteroatoms. The molecule has 0 aliphatic heterocycles. The van der Waals surface area contributed by atoms with E-state index in [-0.39, 0.29) is 0 Å². The fraction of sp³-hybridized carbons (Fsp3) is 0.733. The maximum atomic E-state index is 5.42. The third kappa shape index (κ3) is 4.69. The molecule has 1 N–H and O–H groups in total. The van der Waals surface area contributed by atoms with Crippen molar-refractivity contribution in [3.63, 3.8) is 0 Å². The molecule has 1 aliphatic carbocycles. The van der Waals surface area contributed by atoms with Crippen LogP contribution in [0.15, 0.2) is 6.07 Å². The number of rotatable bonds is 7. The zero-order chi connectivity index (χ0) is 13.5. The summed E-state index contributed by atoms with van der Waals surface area (Å²) in [6.07, 6.45) is 8.24. The largest absolute Gasteiger partial charge is 0.478 e. The Morgan fingerprint density at radius 3 is 2.84 bits per heavy atom. The zero-order valence-electron chi connectivity index (χ0n) is 12.1. The van der Waals surface area contributed by atoms with Crippen molar-refractivity contribution in [3.05, 3.63) is 11.8 Å². The van der Waals surface area contributed by atoms with E-state index in [2.05, 4.69) is 15.3 Å². The van der Waals surface area contributed by atoms with Gasteiger partial charge in [-0.2, -0.15) is 4.98 Å². The summed E-state index contributed by atoms with van der Waals surface area (Å²) in [4.78, 5) is 8.73. The van der Waals surface area contributed by atoms with Crippen LogP contribution in [0, 0.1) is 12.8 Å². The Morgan fingerprint density at radius 2 is 2.11 bits per heavy atom. The van der Waals surface area contributed by atoms with E-state index in [0.29, 0.717) is 18.4 Å². The van der Waals surface area contributed by atoms with Gasteiger partial charge in [-0.3, -0.25) is 0 Å². The number of aromatic nitrogens is 2. The predicted octanol–water partition coefficient (Wildman–Crippen LogP) is 3.57. The highest BCUT2D eigenvalue weighted by molar-refractivity contribution is 5.30. The van der Waals surface area contributed by atoms with Gasteiger partial charge in [-0.1, -0.05) is 25.7 Å². The van der Waals surface area contributed by atoms with Gasteiger partial charge in [0.05, 0.1) is 6.61 Å². The van der Waals surface area contributed by atoms with Gasteiger partial charge in [0.1, 0.15) is 0 Å². The van der Waals surface area contributed by atoms with Crippen LogP contribution in [0.5, 0.6) is 5.88 Å². The number of nitrogens with one attached hydrogen (secondary N) is 1. The van der Waals surface area contributed by atoms with Crippen LogP contribution in [-0.4, -0.2) is 23.1 Å². The Labute approximate surface area is 116 Å². The van der Waals surface area contributed by atoms with Crippen LogP contribution in [-0.2, 0) is 0 Å². The second-order valence-corrected chi connectivity index (χ2v) is 5.32. The molecule has 0 atom stereocenters. The lowest BCUT2D eigenvalue weighted by Crippen LogP contribution is -2.08. The summed E-state index contributed by atoms with van der Waals surface area (Å²) in [6.45, 7) is 5.52. The summed E-state index contributed by atoms with van der Waals surface area (Å²) >= 11 is 0. The highest BCUT2D eigenvalue weighted by Gasteiger charge is 2.14. The Balaban J connectivity index is 1.75. The normalized spacial score (nSPS) is 15.7. The van der Waals surface area contributed by atoms with E-state index in [1.54, 1.807) is 0 Å². The Bertz CT molecular complexity index is 389. The van der Waals surface area contributed by atoms with Crippen LogP contribution in [0.1, 0.15) is 51.1 Å². The standard InChI is InChI=1S/C15H25N3O/c1-3-19-14-11-12(2)17-15(18-14)16-10-6-9-13-7-4-5-8-13/h11,13H,3-10H2,1-2H3,(H,16,17,18). The topological polar surface area (TPSA) is 47.0 Å². The van der Waals surface area contributed by atoms with E-state index in [4.69, 9.17) is 4.74 Å². The first-order valence-electron chi connectivity index (χ1n) is 7.50. The van der Waals surface area contributed by atoms with Crippen LogP contribution < -0.4 is 10.1 Å². The molecule has 106 valence electrons. The number of anilines is 1. The van der Waals surface area contributed by atoms with Crippen molar-refractivity contribution >= 4 is 5.95 Å². The first-order chi connectivity index (χ1) is 9.28. The van der Waals surface area contributed by atoms with Gasteiger partial charge in [0.2, 0.25) is 11.8 Å². The molecule has 0 bridgehead atoms. The molecule has 0 saturated heterocycles. The van der Waals surface area contributed by atoms with Crippen LogP contribution in [0.4, 0.5) is 5.95 Å². The predicted molar refractivity (Wildman–Crippen MR) is 77.6 cm³/mol. The fourth-order valence-electron chi connectivity index (χ4n) is 2.73. The Kier molecular flexibility index (Phi) is 5.43. The summed E-state index contributed by atoms with van der Waals surface area (Å²) in [5.41, 5.74) is 0.941. The second kappa shape index (κ2) is 7.31. The van der Waals surface area contributed by atoms with Crippen LogP contribution in [0.2, 0.25) is 0 Å². The summed E-state index contributed by atoms with van der Waals surface area (Å²) in [6, 6.07) is 1.87. The second-order valence-electron chi connectivity index (χ2n) is 5.32. The number of hydrogen-bond donors (Lipinski definition) is 1. The molecule has 19 heavy (non-hydrogen) atoms. The number of nitrogens with zero attached hydrogens (tertiary/aromatic N) is 2. The van der Waals surface area contributed by atoms with Crippen molar-refractivity contribution in [2.24, 2.45) is 5.92 Å². The fourth-order valence-corrected chi connectivity index (χ4v) is 2.73. The summed E-state index contributed by atoms with van der Waals surface area (Å²) in [5, 5.41) is 3.31. The average Bonchev–Trinajstić information content (AvgIpc) is 2.87. The SMILES string of the molecule is CCOc1cc(C)nc(NCCCC2CCCC2)n1. The number of hydrogen-bond acceptors (Lipinski definition) is 4. The van der Waals surface area contributed by atoms with Gasteiger partial charge in [0.25, 0.3) is 0 Å². The molecular weight excluding hydrogens is 238 g/mol. The molecule has 0 spiro atoms. The van der Waals surface area contributed by atoms with Crippen molar-refractivity contribution in [3.8, 4) is 5.88 Å². The first kappa shape index (κ1) is 14.1. The van der Waals surface area contributed by atoms with E-state index in [1.165, 1.54) is 38.5 Å². The van der Waals surface area contributed by atoms with Gasteiger partial charge in [-0.25, -0.2) is 4.98 Å². The molecule has 1 heterocycles. The molecule has 1 fully saturated rings. The van der Waals surface area contributed by atoms with Crippen molar-refractivity contribution in [2.75, 3.05) is 18.5 Å². The van der Waals surface area contributed by atoms with Crippen LogP contribution in [0.3, 0.4) is 0 Å². The Morgan fingerprint density at radius 1 is 1.32 bits per heavy atom. The minimum atomic E-state index is 0.636. The molecule has 0 unspecified atom stereocenters. The van der Waals surface area contributed by atoms with Gasteiger partial charge in [-0.05, 0) is 32.6 Å². The smallest absolute Gasteiger partial charge is 0.226 e. The maximum absolute atomic E-state index is 5.42. The van der Waals surface area contributed by atoms with Gasteiger partial charge < -0.3 is 10.1 Å². The average molecular weight is 263 g/mol. The molecule has 1 aromatic heterocycles. The van der Waals surface area contributed by atoms with Crippen molar-refractivity contribution < 1.29 is 4.74 Å². The molecule has 1 aromatic rings. The van der Waals surface area contributed by atoms with Crippen molar-refractivity contribution in [1.82, 2.24) is 9.97 Å². The summed E-state index contributed by atoms with van der Waals surface area (Å²) in [5.74, 6) is 2.31. The van der Waals surface area contributed by atoms with E-state index in [9.17, 15) is 0 Å². The van der Waals surface area contributed by atoms with E-state index in [0.717, 1.165) is 18.2 Å². The molecule has 4 nitrogen and oxygen atoms in total. The summed E-state index contributed by atoms with van der Waals surface area (Å²) < 4.78 is 5.42. The minimum Gasteiger partial charge on any atom is -0.478 e. The molecule has 1 aliphatic rings. The molecular formula is C15H25N3O. The van der Waals surface area contributed by atoms with Gasteiger partial charge in [0.15, 0.2) is 0 Å². The molecule has 0 radical (unpaired) electrons. The first-order valence-corrected chi connectivity index (χ1v) is 7.50. The molecule has 0 amide bonds. The number of ether oxygens (including phenoxy) is 1. The number of aryl methyl sites for hydroxylation is 1. The summed E-state index contributed by atoms with van der Waals surface area (Å²) in [7, 11) is 0.